The van der Waals surface area contributed by atoms with E-state index in [1.807, 2.05) is 27.7 Å². The zero-order chi connectivity index (χ0) is 31.9. The summed E-state index contributed by atoms with van der Waals surface area (Å²) in [5, 5.41) is 10.3. The van der Waals surface area contributed by atoms with Gasteiger partial charge in [0.2, 0.25) is 5.60 Å². The van der Waals surface area contributed by atoms with E-state index in [9.17, 15) is 19.5 Å². The maximum Gasteiger partial charge on any atom is 0.349 e. The van der Waals surface area contributed by atoms with Gasteiger partial charge in [-0.1, -0.05) is 24.3 Å². The summed E-state index contributed by atoms with van der Waals surface area (Å²) in [6, 6.07) is 8.62. The van der Waals surface area contributed by atoms with Crippen molar-refractivity contribution in [3.8, 4) is 0 Å². The van der Waals surface area contributed by atoms with Gasteiger partial charge in [-0.2, -0.15) is 0 Å². The molecule has 0 spiro atoms. The summed E-state index contributed by atoms with van der Waals surface area (Å²) in [6.07, 6.45) is 5.19. The lowest BCUT2D eigenvalue weighted by Crippen LogP contribution is -2.39. The minimum atomic E-state index is -1.26. The Morgan fingerprint density at radius 2 is 1.37 bits per heavy atom. The molecule has 2 aromatic carbocycles. The molecule has 1 heterocycles. The summed E-state index contributed by atoms with van der Waals surface area (Å²) in [4.78, 5) is 36.2. The largest absolute Gasteiger partial charge is 0.507 e. The summed E-state index contributed by atoms with van der Waals surface area (Å²) in [7, 11) is 0. The van der Waals surface area contributed by atoms with Gasteiger partial charge < -0.3 is 19.3 Å². The van der Waals surface area contributed by atoms with E-state index in [-0.39, 0.29) is 18.8 Å². The van der Waals surface area contributed by atoms with Crippen molar-refractivity contribution >= 4 is 23.5 Å². The van der Waals surface area contributed by atoms with E-state index in [4.69, 9.17) is 14.2 Å². The maximum atomic E-state index is 12.2. The van der Waals surface area contributed by atoms with Gasteiger partial charge in [0.1, 0.15) is 5.57 Å². The first-order valence-electron chi connectivity index (χ1n) is 15.3. The van der Waals surface area contributed by atoms with Crippen LogP contribution in [0.1, 0.15) is 117 Å². The van der Waals surface area contributed by atoms with Crippen molar-refractivity contribution in [2.24, 2.45) is 0 Å². The molecule has 5 rings (SSSR count). The SMILES string of the molecule is CCOC(=O)C(C)(C)OC(=O)Cc1c(C)cc(C2CC2)cc1C.Cc1cc(C2CC2)cc(C)c1C1=C(O)C(C)(C)OC1=O. The smallest absolute Gasteiger partial charge is 0.349 e. The molecular weight excluding hydrogens is 544 g/mol. The van der Waals surface area contributed by atoms with Crippen LogP contribution in [0.4, 0.5) is 0 Å². The molecule has 0 aromatic heterocycles. The van der Waals surface area contributed by atoms with Gasteiger partial charge in [0.25, 0.3) is 0 Å². The first kappa shape index (κ1) is 32.3. The lowest BCUT2D eigenvalue weighted by molar-refractivity contribution is -0.177. The Hall–Kier alpha value is -3.61. The number of benzene rings is 2. The van der Waals surface area contributed by atoms with Gasteiger partial charge in [-0.25, -0.2) is 9.59 Å². The molecule has 7 heteroatoms. The van der Waals surface area contributed by atoms with E-state index in [0.717, 1.165) is 33.4 Å². The fourth-order valence-electron chi connectivity index (χ4n) is 5.76. The lowest BCUT2D eigenvalue weighted by Gasteiger charge is -2.23. The monoisotopic (exact) mass is 590 g/mol. The molecule has 3 aliphatic rings. The van der Waals surface area contributed by atoms with Gasteiger partial charge in [0.15, 0.2) is 11.4 Å². The zero-order valence-corrected chi connectivity index (χ0v) is 27.1. The maximum absolute atomic E-state index is 12.2. The summed E-state index contributed by atoms with van der Waals surface area (Å²) in [5.74, 6) is 0.0391. The highest BCUT2D eigenvalue weighted by Gasteiger charge is 2.42. The molecule has 0 atom stereocenters. The molecule has 1 aliphatic heterocycles. The molecule has 0 amide bonds. The molecule has 2 saturated carbocycles. The Balaban J connectivity index is 0.000000198. The third-order valence-electron chi connectivity index (χ3n) is 8.44. The number of hydrogen-bond donors (Lipinski definition) is 1. The fraction of sp³-hybridized carbons (Fsp3) is 0.528. The summed E-state index contributed by atoms with van der Waals surface area (Å²) in [6.45, 7) is 16.5. The van der Waals surface area contributed by atoms with Crippen LogP contribution >= 0.6 is 0 Å². The van der Waals surface area contributed by atoms with Crippen molar-refractivity contribution < 1.29 is 33.7 Å². The average Bonchev–Trinajstić information content (AvgIpc) is 3.80. The van der Waals surface area contributed by atoms with Gasteiger partial charge in [-0.3, -0.25) is 4.79 Å². The summed E-state index contributed by atoms with van der Waals surface area (Å²) < 4.78 is 15.5. The van der Waals surface area contributed by atoms with Crippen LogP contribution in [0.2, 0.25) is 0 Å². The number of rotatable bonds is 8. The Kier molecular flexibility index (Phi) is 9.15. The van der Waals surface area contributed by atoms with E-state index >= 15 is 0 Å². The van der Waals surface area contributed by atoms with E-state index in [0.29, 0.717) is 17.4 Å². The second-order valence-electron chi connectivity index (χ2n) is 13.2. The molecule has 0 bridgehead atoms. The fourth-order valence-corrected chi connectivity index (χ4v) is 5.76. The van der Waals surface area contributed by atoms with Crippen LogP contribution in [-0.2, 0) is 35.0 Å². The second-order valence-corrected chi connectivity index (χ2v) is 13.2. The Morgan fingerprint density at radius 1 is 0.907 bits per heavy atom. The van der Waals surface area contributed by atoms with Gasteiger partial charge >= 0.3 is 17.9 Å². The molecule has 0 radical (unpaired) electrons. The van der Waals surface area contributed by atoms with Crippen LogP contribution in [0.3, 0.4) is 0 Å². The number of cyclic esters (lactones) is 1. The molecule has 0 saturated heterocycles. The number of esters is 3. The highest BCUT2D eigenvalue weighted by molar-refractivity contribution is 6.20. The number of hydrogen-bond acceptors (Lipinski definition) is 7. The third kappa shape index (κ3) is 7.31. The molecule has 2 aromatic rings. The van der Waals surface area contributed by atoms with Crippen LogP contribution in [0.5, 0.6) is 0 Å². The number of carbonyl (C=O) groups is 3. The molecule has 7 nitrogen and oxygen atoms in total. The highest BCUT2D eigenvalue weighted by atomic mass is 16.6. The quantitative estimate of drug-likeness (QED) is 0.253. The number of carbonyl (C=O) groups excluding carboxylic acids is 3. The summed E-state index contributed by atoms with van der Waals surface area (Å²) >= 11 is 0. The first-order valence-corrected chi connectivity index (χ1v) is 15.3. The van der Waals surface area contributed by atoms with Gasteiger partial charge in [-0.05, 0) is 144 Å². The predicted octanol–water partition coefficient (Wildman–Crippen LogP) is 7.39. The van der Waals surface area contributed by atoms with Gasteiger partial charge in [-0.15, -0.1) is 0 Å². The van der Waals surface area contributed by atoms with E-state index < -0.39 is 29.1 Å². The van der Waals surface area contributed by atoms with Crippen LogP contribution in [-0.4, -0.2) is 40.8 Å². The number of aryl methyl sites for hydroxylation is 4. The Morgan fingerprint density at radius 3 is 1.77 bits per heavy atom. The molecule has 232 valence electrons. The van der Waals surface area contributed by atoms with Crippen molar-refractivity contribution in [1.82, 2.24) is 0 Å². The molecule has 0 unspecified atom stereocenters. The molecule has 1 N–H and O–H groups in total. The number of ether oxygens (including phenoxy) is 3. The van der Waals surface area contributed by atoms with E-state index in [2.05, 4.69) is 24.3 Å². The minimum absolute atomic E-state index is 0.0351. The van der Waals surface area contributed by atoms with Crippen LogP contribution < -0.4 is 0 Å². The zero-order valence-electron chi connectivity index (χ0n) is 27.1. The normalized spacial score (nSPS) is 17.7. The Bertz CT molecular complexity index is 1420. The van der Waals surface area contributed by atoms with E-state index in [1.54, 1.807) is 34.6 Å². The van der Waals surface area contributed by atoms with Crippen molar-refractivity contribution in [2.75, 3.05) is 6.61 Å². The average molecular weight is 591 g/mol. The lowest BCUT2D eigenvalue weighted by atomic mass is 9.90. The van der Waals surface area contributed by atoms with Crippen molar-refractivity contribution in [3.05, 3.63) is 74.5 Å². The van der Waals surface area contributed by atoms with Gasteiger partial charge in [0, 0.05) is 0 Å². The first-order chi connectivity index (χ1) is 20.1. The van der Waals surface area contributed by atoms with Crippen molar-refractivity contribution in [3.63, 3.8) is 0 Å². The highest BCUT2D eigenvalue weighted by Crippen LogP contribution is 2.44. The Labute approximate surface area is 255 Å². The standard InChI is InChI=1S/C19H26O4.C17H20O3/c1-6-22-18(21)19(4,5)23-17(20)11-16-12(2)9-15(10-13(16)3)14-7-8-14;1-9-7-12(11-5-6-11)8-10(2)13(9)14-15(18)17(3,4)20-16(14)19/h9-10,14H,6-8,11H2,1-5H3;7-8,11,18H,5-6H2,1-4H3. The minimum Gasteiger partial charge on any atom is -0.507 e. The van der Waals surface area contributed by atoms with Crippen LogP contribution in [0.15, 0.2) is 30.0 Å². The summed E-state index contributed by atoms with van der Waals surface area (Å²) in [5.41, 5.74) is 6.93. The number of aliphatic hydroxyl groups excluding tert-OH is 1. The second kappa shape index (κ2) is 12.2. The van der Waals surface area contributed by atoms with Crippen LogP contribution in [0.25, 0.3) is 5.57 Å². The van der Waals surface area contributed by atoms with Gasteiger partial charge in [0.05, 0.1) is 13.0 Å². The van der Waals surface area contributed by atoms with E-state index in [1.165, 1.54) is 36.8 Å². The third-order valence-corrected chi connectivity index (χ3v) is 8.44. The number of aliphatic hydroxyl groups is 1. The molecule has 2 fully saturated rings. The van der Waals surface area contributed by atoms with Crippen molar-refractivity contribution in [2.45, 2.75) is 117 Å². The molecular formula is C36H46O7. The predicted molar refractivity (Wildman–Crippen MR) is 166 cm³/mol. The molecule has 43 heavy (non-hydrogen) atoms. The van der Waals surface area contributed by atoms with Crippen molar-refractivity contribution in [1.29, 1.82) is 0 Å². The molecule has 2 aliphatic carbocycles. The van der Waals surface area contributed by atoms with Crippen LogP contribution in [0, 0.1) is 27.7 Å². The topological polar surface area (TPSA) is 99.1 Å².